The Morgan fingerprint density at radius 3 is 2.73 bits per heavy atom. The summed E-state index contributed by atoms with van der Waals surface area (Å²) < 4.78 is 38.8. The van der Waals surface area contributed by atoms with Crippen molar-refractivity contribution in [1.82, 2.24) is 24.2 Å². The van der Waals surface area contributed by atoms with Crippen LogP contribution in [0.25, 0.3) is 22.0 Å². The molecule has 3 unspecified atom stereocenters. The van der Waals surface area contributed by atoms with E-state index in [-0.39, 0.29) is 28.8 Å². The van der Waals surface area contributed by atoms with Crippen molar-refractivity contribution in [3.63, 3.8) is 0 Å². The maximum absolute atomic E-state index is 12.7. The third-order valence-electron chi connectivity index (χ3n) is 6.31. The molecule has 208 valence electrons. The Balaban J connectivity index is 1.13. The minimum atomic E-state index is -4.49. The van der Waals surface area contributed by atoms with Crippen molar-refractivity contribution >= 4 is 46.7 Å². The number of ketones is 1. The molecule has 1 fully saturated rings. The molecule has 0 spiro atoms. The Bertz CT molecular complexity index is 1820. The number of carbonyl (C=O) groups is 2. The topological polar surface area (TPSA) is 223 Å². The summed E-state index contributed by atoms with van der Waals surface area (Å²) in [4.78, 5) is 70.4. The normalized spacial score (nSPS) is 17.9. The van der Waals surface area contributed by atoms with Gasteiger partial charge in [-0.1, -0.05) is 18.2 Å². The van der Waals surface area contributed by atoms with Gasteiger partial charge in [0.25, 0.3) is 0 Å². The van der Waals surface area contributed by atoms with Crippen LogP contribution in [0.5, 0.6) is 0 Å². The Labute approximate surface area is 226 Å². The summed E-state index contributed by atoms with van der Waals surface area (Å²) in [5.74, 6) is -1.33. The number of ether oxygens (including phenoxy) is 1. The van der Waals surface area contributed by atoms with Gasteiger partial charge in [0, 0.05) is 24.0 Å². The molecule has 5 rings (SSSR count). The van der Waals surface area contributed by atoms with Crippen LogP contribution < -0.4 is 21.0 Å². The van der Waals surface area contributed by atoms with Gasteiger partial charge in [-0.15, -0.1) is 0 Å². The van der Waals surface area contributed by atoms with Gasteiger partial charge in [-0.25, -0.2) is 24.5 Å². The van der Waals surface area contributed by atoms with Crippen molar-refractivity contribution in [3.05, 3.63) is 62.7 Å². The number of nitrogen functional groups attached to an aromatic ring is 1. The van der Waals surface area contributed by atoms with Crippen molar-refractivity contribution < 1.29 is 31.8 Å². The molecule has 1 amide bonds. The molecule has 0 radical (unpaired) electrons. The van der Waals surface area contributed by atoms with Crippen LogP contribution in [0.1, 0.15) is 42.3 Å². The fraction of sp³-hybridized carbons (Fsp3) is 0.304. The van der Waals surface area contributed by atoms with Gasteiger partial charge in [-0.3, -0.25) is 23.1 Å². The summed E-state index contributed by atoms with van der Waals surface area (Å²) in [5, 5.41) is -1.02. The molecule has 15 nitrogen and oxygen atoms in total. The number of imidazole rings is 1. The van der Waals surface area contributed by atoms with Crippen LogP contribution in [0.3, 0.4) is 0 Å². The Hall–Kier alpha value is -3.95. The van der Waals surface area contributed by atoms with Crippen molar-refractivity contribution in [1.29, 1.82) is 0 Å². The lowest BCUT2D eigenvalue weighted by atomic mass is 9.99. The first-order chi connectivity index (χ1) is 19.1. The lowest BCUT2D eigenvalue weighted by Gasteiger charge is -2.15. The SMILES string of the molecule is Nc1ncnc2c1ncn2C1CCC(COS(=O)(=O)NC(=O)CCC(=O)c2ccccc2-c2c(=O)c(=O)[p+]2O)O1. The first-order valence-electron chi connectivity index (χ1n) is 11.9. The Morgan fingerprint density at radius 1 is 1.18 bits per heavy atom. The fourth-order valence-corrected chi connectivity index (χ4v) is 6.18. The number of nitrogens with zero attached hydrogens (tertiary/aromatic N) is 4. The molecule has 4 N–H and O–H groups in total. The van der Waals surface area contributed by atoms with E-state index < -0.39 is 65.5 Å². The molecule has 17 heteroatoms. The lowest BCUT2D eigenvalue weighted by molar-refractivity contribution is -0.119. The van der Waals surface area contributed by atoms with Crippen LogP contribution in [0, 0.1) is 0 Å². The number of benzene rings is 1. The molecule has 0 bridgehead atoms. The van der Waals surface area contributed by atoms with Gasteiger partial charge in [0.1, 0.15) is 18.1 Å². The highest BCUT2D eigenvalue weighted by atomic mass is 32.2. The number of anilines is 1. The highest BCUT2D eigenvalue weighted by Gasteiger charge is 2.36. The van der Waals surface area contributed by atoms with Crippen LogP contribution >= 0.6 is 7.76 Å². The molecule has 4 heterocycles. The zero-order valence-corrected chi connectivity index (χ0v) is 22.3. The standard InChI is InChI=1S/C23H21N6O9PS/c24-21-18-22(26-10-25-21)29(11-27-18)17-8-5-12(38-17)9-37-40(35,36)28-16(31)7-6-15(30)13-3-1-2-4-14(13)20-19(32)23(33)39(20)34/h1-4,10-12,17H,5-9H2,(H3-,24,25,26,28,30,31,32,34)/p+1. The lowest BCUT2D eigenvalue weighted by Crippen LogP contribution is -2.34. The number of aromatic nitrogens is 4. The molecule has 1 aromatic carbocycles. The van der Waals surface area contributed by atoms with Crippen LogP contribution in [-0.2, 0) is 24.0 Å². The van der Waals surface area contributed by atoms with Crippen molar-refractivity contribution in [2.45, 2.75) is 38.0 Å². The van der Waals surface area contributed by atoms with Crippen molar-refractivity contribution in [2.24, 2.45) is 0 Å². The summed E-state index contributed by atoms with van der Waals surface area (Å²) in [6, 6.07) is 5.87. The number of hydrogen-bond acceptors (Lipinski definition) is 13. The molecule has 0 saturated carbocycles. The summed E-state index contributed by atoms with van der Waals surface area (Å²) in [5.41, 5.74) is 6.00. The maximum atomic E-state index is 12.7. The van der Waals surface area contributed by atoms with E-state index in [1.54, 1.807) is 9.29 Å². The number of nitrogens with one attached hydrogen (secondary N) is 1. The molecule has 3 atom stereocenters. The third-order valence-corrected chi connectivity index (χ3v) is 8.69. The predicted molar refractivity (Wildman–Crippen MR) is 141 cm³/mol. The minimum absolute atomic E-state index is 0.0413. The average molecular weight is 590 g/mol. The monoisotopic (exact) mass is 589 g/mol. The molecular weight excluding hydrogens is 567 g/mol. The van der Waals surface area contributed by atoms with E-state index in [0.717, 1.165) is 0 Å². The van der Waals surface area contributed by atoms with Gasteiger partial charge in [-0.2, -0.15) is 13.3 Å². The second-order valence-electron chi connectivity index (χ2n) is 8.90. The van der Waals surface area contributed by atoms with E-state index in [1.165, 1.54) is 36.9 Å². The van der Waals surface area contributed by atoms with E-state index in [4.69, 9.17) is 14.7 Å². The second-order valence-corrected chi connectivity index (χ2v) is 11.7. The van der Waals surface area contributed by atoms with Gasteiger partial charge in [0.15, 0.2) is 17.2 Å². The van der Waals surface area contributed by atoms with Gasteiger partial charge < -0.3 is 10.5 Å². The third kappa shape index (κ3) is 5.39. The van der Waals surface area contributed by atoms with Crippen molar-refractivity contribution in [3.8, 4) is 10.9 Å². The van der Waals surface area contributed by atoms with Crippen LogP contribution in [0.15, 0.2) is 46.5 Å². The summed E-state index contributed by atoms with van der Waals surface area (Å²) in [7, 11) is -6.79. The molecular formula is C23H22N6O9PS+. The molecule has 1 aliphatic rings. The smallest absolute Gasteiger partial charge is 0.382 e. The van der Waals surface area contributed by atoms with Gasteiger partial charge in [0.2, 0.25) is 11.2 Å². The zero-order chi connectivity index (χ0) is 28.6. The molecule has 40 heavy (non-hydrogen) atoms. The number of Topliss-reactive ketones (excluding diaryl/α,β-unsaturated/α-hetero) is 1. The van der Waals surface area contributed by atoms with Crippen LogP contribution in [0.2, 0.25) is 0 Å². The molecule has 1 aliphatic heterocycles. The summed E-state index contributed by atoms with van der Waals surface area (Å²) in [6.45, 7) is -0.356. The van der Waals surface area contributed by atoms with E-state index in [9.17, 15) is 32.5 Å². The number of nitrogens with two attached hydrogens (primary N) is 1. The van der Waals surface area contributed by atoms with Gasteiger partial charge in [-0.05, 0) is 18.9 Å². The number of amides is 1. The van der Waals surface area contributed by atoms with E-state index in [1.807, 2.05) is 0 Å². The number of fused-ring (bicyclic) bond motifs is 1. The van der Waals surface area contributed by atoms with E-state index >= 15 is 0 Å². The molecule has 0 aliphatic carbocycles. The van der Waals surface area contributed by atoms with Crippen LogP contribution in [0.4, 0.5) is 5.82 Å². The largest absolute Gasteiger partial charge is 0.431 e. The van der Waals surface area contributed by atoms with Crippen molar-refractivity contribution in [2.75, 3.05) is 12.3 Å². The van der Waals surface area contributed by atoms with Crippen LogP contribution in [-0.4, -0.2) is 57.2 Å². The minimum Gasteiger partial charge on any atom is -0.382 e. The quantitative estimate of drug-likeness (QED) is 0.169. The number of carbonyl (C=O) groups excluding carboxylic acids is 2. The summed E-state index contributed by atoms with van der Waals surface area (Å²) >= 11 is 0. The first-order valence-corrected chi connectivity index (χ1v) is 14.6. The second kappa shape index (κ2) is 10.9. The Morgan fingerprint density at radius 2 is 1.95 bits per heavy atom. The fourth-order valence-electron chi connectivity index (χ4n) is 4.35. The molecule has 3 aromatic heterocycles. The maximum Gasteiger partial charge on any atom is 0.431 e. The molecule has 1 saturated heterocycles. The van der Waals surface area contributed by atoms with Gasteiger partial charge in [0.05, 0.1) is 19.0 Å². The Kier molecular flexibility index (Phi) is 7.53. The number of rotatable bonds is 10. The molecule has 4 aromatic rings. The highest BCUT2D eigenvalue weighted by molar-refractivity contribution is 7.85. The predicted octanol–water partition coefficient (Wildman–Crippen LogP) is 0.413. The first kappa shape index (κ1) is 27.6. The van der Waals surface area contributed by atoms with E-state index in [0.29, 0.717) is 24.0 Å². The van der Waals surface area contributed by atoms with Gasteiger partial charge >= 0.3 is 28.7 Å². The highest BCUT2D eigenvalue weighted by Crippen LogP contribution is 2.35. The van der Waals surface area contributed by atoms with E-state index in [2.05, 4.69) is 15.0 Å². The number of hydrogen-bond donors (Lipinski definition) is 3. The zero-order valence-electron chi connectivity index (χ0n) is 20.6. The average Bonchev–Trinajstić information content (AvgIpc) is 3.58. The summed E-state index contributed by atoms with van der Waals surface area (Å²) in [6.07, 6.45) is 1.83.